The van der Waals surface area contributed by atoms with Crippen molar-refractivity contribution in [2.24, 2.45) is 0 Å². The minimum Gasteiger partial charge on any atom is -0.313 e. The molecule has 1 heterocycles. The smallest absolute Gasteiger partial charge is 0.123 e. The molecule has 0 saturated carbocycles. The van der Waals surface area contributed by atoms with Gasteiger partial charge in [-0.1, -0.05) is 19.1 Å². The van der Waals surface area contributed by atoms with Gasteiger partial charge >= 0.3 is 0 Å². The van der Waals surface area contributed by atoms with Crippen LogP contribution in [0.4, 0.5) is 4.39 Å². The molecule has 2 rings (SSSR count). The first-order chi connectivity index (χ1) is 8.72. The highest BCUT2D eigenvalue weighted by Crippen LogP contribution is 2.32. The van der Waals surface area contributed by atoms with Crippen molar-refractivity contribution in [3.8, 4) is 10.4 Å². The first kappa shape index (κ1) is 13.2. The van der Waals surface area contributed by atoms with Crippen LogP contribution in [0.3, 0.4) is 0 Å². The summed E-state index contributed by atoms with van der Waals surface area (Å²) in [4.78, 5) is 1.24. The standard InChI is InChI=1S/C15H18FNS/c1-3-8-17-9-13-10-18-15(11(13)2)12-4-6-14(16)7-5-12/h4-7,10,17H,3,8-9H2,1-2H3. The molecule has 1 nitrogen and oxygen atoms in total. The Morgan fingerprint density at radius 3 is 2.61 bits per heavy atom. The van der Waals surface area contributed by atoms with Crippen molar-refractivity contribution < 1.29 is 4.39 Å². The highest BCUT2D eigenvalue weighted by molar-refractivity contribution is 7.14. The number of hydrogen-bond acceptors (Lipinski definition) is 2. The van der Waals surface area contributed by atoms with E-state index in [9.17, 15) is 4.39 Å². The average Bonchev–Trinajstić information content (AvgIpc) is 2.73. The van der Waals surface area contributed by atoms with E-state index in [-0.39, 0.29) is 5.82 Å². The summed E-state index contributed by atoms with van der Waals surface area (Å²) in [5, 5.41) is 5.60. The van der Waals surface area contributed by atoms with E-state index in [0.717, 1.165) is 25.1 Å². The molecule has 1 aromatic carbocycles. The summed E-state index contributed by atoms with van der Waals surface area (Å²) in [5.41, 5.74) is 3.74. The third-order valence-corrected chi connectivity index (χ3v) is 4.17. The van der Waals surface area contributed by atoms with Crippen molar-refractivity contribution in [3.05, 3.63) is 46.6 Å². The van der Waals surface area contributed by atoms with Crippen LogP contribution < -0.4 is 5.32 Å². The lowest BCUT2D eigenvalue weighted by molar-refractivity contribution is 0.628. The molecule has 1 N–H and O–H groups in total. The van der Waals surface area contributed by atoms with Crippen LogP contribution in [0.25, 0.3) is 10.4 Å². The number of thiophene rings is 1. The van der Waals surface area contributed by atoms with E-state index < -0.39 is 0 Å². The lowest BCUT2D eigenvalue weighted by Crippen LogP contribution is -2.13. The second-order valence-corrected chi connectivity index (χ2v) is 5.28. The van der Waals surface area contributed by atoms with Crippen LogP contribution in [-0.4, -0.2) is 6.54 Å². The summed E-state index contributed by atoms with van der Waals surface area (Å²) in [5.74, 6) is -0.183. The third kappa shape index (κ3) is 2.98. The molecule has 96 valence electrons. The fourth-order valence-corrected chi connectivity index (χ4v) is 3.01. The highest BCUT2D eigenvalue weighted by Gasteiger charge is 2.09. The lowest BCUT2D eigenvalue weighted by Gasteiger charge is -2.04. The Kier molecular flexibility index (Phi) is 4.50. The number of halogens is 1. The molecule has 0 amide bonds. The normalized spacial score (nSPS) is 10.8. The van der Waals surface area contributed by atoms with E-state index in [4.69, 9.17) is 0 Å². The minimum absolute atomic E-state index is 0.183. The number of benzene rings is 1. The van der Waals surface area contributed by atoms with E-state index in [0.29, 0.717) is 0 Å². The van der Waals surface area contributed by atoms with Crippen LogP contribution in [0.1, 0.15) is 24.5 Å². The molecule has 0 aliphatic heterocycles. The van der Waals surface area contributed by atoms with E-state index in [1.165, 1.54) is 28.1 Å². The van der Waals surface area contributed by atoms with E-state index in [2.05, 4.69) is 24.5 Å². The van der Waals surface area contributed by atoms with Crippen molar-refractivity contribution >= 4 is 11.3 Å². The van der Waals surface area contributed by atoms with Crippen LogP contribution in [0.5, 0.6) is 0 Å². The Bertz CT molecular complexity index is 502. The molecule has 3 heteroatoms. The molecule has 0 aliphatic carbocycles. The first-order valence-corrected chi connectivity index (χ1v) is 7.14. The molecule has 0 saturated heterocycles. The second-order valence-electron chi connectivity index (χ2n) is 4.40. The summed E-state index contributed by atoms with van der Waals surface area (Å²) in [7, 11) is 0. The quantitative estimate of drug-likeness (QED) is 0.790. The lowest BCUT2D eigenvalue weighted by atomic mass is 10.1. The zero-order valence-corrected chi connectivity index (χ0v) is 11.6. The largest absolute Gasteiger partial charge is 0.313 e. The van der Waals surface area contributed by atoms with Gasteiger partial charge in [0.25, 0.3) is 0 Å². The molecule has 0 spiro atoms. The Balaban J connectivity index is 2.17. The van der Waals surface area contributed by atoms with Crippen molar-refractivity contribution in [2.45, 2.75) is 26.8 Å². The monoisotopic (exact) mass is 263 g/mol. The zero-order chi connectivity index (χ0) is 13.0. The van der Waals surface area contributed by atoms with Crippen LogP contribution in [0.2, 0.25) is 0 Å². The van der Waals surface area contributed by atoms with Gasteiger partial charge in [-0.05, 0) is 54.1 Å². The second kappa shape index (κ2) is 6.12. The van der Waals surface area contributed by atoms with E-state index in [1.807, 2.05) is 12.1 Å². The van der Waals surface area contributed by atoms with Crippen LogP contribution in [-0.2, 0) is 6.54 Å². The van der Waals surface area contributed by atoms with Gasteiger partial charge in [-0.15, -0.1) is 11.3 Å². The van der Waals surface area contributed by atoms with Gasteiger partial charge in [0.1, 0.15) is 5.82 Å². The first-order valence-electron chi connectivity index (χ1n) is 6.26. The molecule has 0 bridgehead atoms. The van der Waals surface area contributed by atoms with Gasteiger partial charge in [0.05, 0.1) is 0 Å². The number of nitrogens with one attached hydrogen (secondary N) is 1. The molecule has 0 unspecified atom stereocenters. The molecular formula is C15H18FNS. The predicted octanol–water partition coefficient (Wildman–Crippen LogP) is 4.36. The molecule has 0 aliphatic rings. The van der Waals surface area contributed by atoms with Gasteiger partial charge in [-0.3, -0.25) is 0 Å². The molecule has 2 aromatic rings. The molecule has 0 fully saturated rings. The van der Waals surface area contributed by atoms with E-state index in [1.54, 1.807) is 11.3 Å². The van der Waals surface area contributed by atoms with Crippen LogP contribution in [0, 0.1) is 12.7 Å². The summed E-state index contributed by atoms with van der Waals surface area (Å²) in [6.45, 7) is 6.26. The maximum absolute atomic E-state index is 12.9. The van der Waals surface area contributed by atoms with E-state index >= 15 is 0 Å². The summed E-state index contributed by atoms with van der Waals surface area (Å²) in [6.07, 6.45) is 1.15. The molecule has 1 aromatic heterocycles. The summed E-state index contributed by atoms with van der Waals surface area (Å²) in [6, 6.07) is 6.72. The minimum atomic E-state index is -0.183. The van der Waals surface area contributed by atoms with Gasteiger partial charge in [0.2, 0.25) is 0 Å². The SMILES string of the molecule is CCCNCc1csc(-c2ccc(F)cc2)c1C. The van der Waals surface area contributed by atoms with Gasteiger partial charge in [0.15, 0.2) is 0 Å². The Labute approximate surface area is 112 Å². The van der Waals surface area contributed by atoms with Gasteiger partial charge in [-0.2, -0.15) is 0 Å². The maximum Gasteiger partial charge on any atom is 0.123 e. The highest BCUT2D eigenvalue weighted by atomic mass is 32.1. The Morgan fingerprint density at radius 1 is 1.22 bits per heavy atom. The summed E-state index contributed by atoms with van der Waals surface area (Å²) >= 11 is 1.73. The van der Waals surface area contributed by atoms with Crippen molar-refractivity contribution in [3.63, 3.8) is 0 Å². The number of rotatable bonds is 5. The van der Waals surface area contributed by atoms with Gasteiger partial charge < -0.3 is 5.32 Å². The fourth-order valence-electron chi connectivity index (χ4n) is 1.91. The molecule has 0 atom stereocenters. The van der Waals surface area contributed by atoms with Gasteiger partial charge in [0, 0.05) is 11.4 Å². The Morgan fingerprint density at radius 2 is 1.94 bits per heavy atom. The van der Waals surface area contributed by atoms with Crippen LogP contribution >= 0.6 is 11.3 Å². The maximum atomic E-state index is 12.9. The van der Waals surface area contributed by atoms with Crippen LogP contribution in [0.15, 0.2) is 29.6 Å². The Hall–Kier alpha value is -1.19. The zero-order valence-electron chi connectivity index (χ0n) is 10.8. The molecule has 18 heavy (non-hydrogen) atoms. The number of hydrogen-bond donors (Lipinski definition) is 1. The van der Waals surface area contributed by atoms with Crippen molar-refractivity contribution in [1.82, 2.24) is 5.32 Å². The van der Waals surface area contributed by atoms with Crippen molar-refractivity contribution in [1.29, 1.82) is 0 Å². The fraction of sp³-hybridized carbons (Fsp3) is 0.333. The van der Waals surface area contributed by atoms with Gasteiger partial charge in [-0.25, -0.2) is 4.39 Å². The average molecular weight is 263 g/mol. The molecular weight excluding hydrogens is 245 g/mol. The summed E-state index contributed by atoms with van der Waals surface area (Å²) < 4.78 is 12.9. The topological polar surface area (TPSA) is 12.0 Å². The van der Waals surface area contributed by atoms with Crippen molar-refractivity contribution in [2.75, 3.05) is 6.54 Å². The third-order valence-electron chi connectivity index (χ3n) is 2.99. The predicted molar refractivity (Wildman–Crippen MR) is 76.4 cm³/mol. The molecule has 0 radical (unpaired) electrons.